The van der Waals surface area contributed by atoms with Crippen LogP contribution in [0.3, 0.4) is 0 Å². The van der Waals surface area contributed by atoms with E-state index in [1.165, 1.54) is 17.9 Å². The average molecular weight is 460 g/mol. The lowest BCUT2D eigenvalue weighted by molar-refractivity contribution is -0.120. The smallest absolute Gasteiger partial charge is 0.407 e. The molecule has 2 amide bonds. The van der Waals surface area contributed by atoms with Gasteiger partial charge in [0.25, 0.3) is 0 Å². The third-order valence-electron chi connectivity index (χ3n) is 6.64. The number of nitrogens with one attached hydrogen (secondary N) is 2. The maximum Gasteiger partial charge on any atom is 0.407 e. The molecular weight excluding hydrogens is 436 g/mol. The lowest BCUT2D eigenvalue weighted by atomic mass is 9.98. The molecule has 1 fully saturated rings. The van der Waals surface area contributed by atoms with Gasteiger partial charge in [0, 0.05) is 19.5 Å². The summed E-state index contributed by atoms with van der Waals surface area (Å²) < 4.78 is 6.73. The van der Waals surface area contributed by atoms with Gasteiger partial charge in [0.05, 0.1) is 17.3 Å². The first-order chi connectivity index (χ1) is 16.4. The Morgan fingerprint density at radius 3 is 2.29 bits per heavy atom. The molecule has 0 bridgehead atoms. The minimum absolute atomic E-state index is 0.0450. The maximum atomic E-state index is 12.8. The molecule has 174 valence electrons. The van der Waals surface area contributed by atoms with E-state index in [0.717, 1.165) is 22.3 Å². The zero-order valence-electron chi connectivity index (χ0n) is 18.6. The summed E-state index contributed by atoms with van der Waals surface area (Å²) in [5.41, 5.74) is 3.80. The molecule has 3 N–H and O–H groups in total. The Labute approximate surface area is 195 Å². The number of rotatable bonds is 7. The first-order valence-corrected chi connectivity index (χ1v) is 11.1. The number of ether oxygens (including phenoxy) is 1. The summed E-state index contributed by atoms with van der Waals surface area (Å²) in [6, 6.07) is 16.2. The molecule has 1 saturated carbocycles. The molecule has 3 aromatic rings. The van der Waals surface area contributed by atoms with Crippen molar-refractivity contribution in [1.29, 1.82) is 0 Å². The Morgan fingerprint density at radius 2 is 1.71 bits per heavy atom. The normalized spacial score (nSPS) is 15.2. The highest BCUT2D eigenvalue weighted by Gasteiger charge is 2.50. The van der Waals surface area contributed by atoms with E-state index in [4.69, 9.17) is 4.74 Å². The van der Waals surface area contributed by atoms with Crippen molar-refractivity contribution in [3.63, 3.8) is 0 Å². The second-order valence-electron chi connectivity index (χ2n) is 8.75. The second-order valence-corrected chi connectivity index (χ2v) is 8.75. The van der Waals surface area contributed by atoms with E-state index in [-0.39, 0.29) is 36.4 Å². The molecule has 0 saturated heterocycles. The molecule has 9 nitrogen and oxygen atoms in total. The van der Waals surface area contributed by atoms with Crippen LogP contribution in [-0.4, -0.2) is 46.0 Å². The number of alkyl carbamates (subject to hydrolysis) is 1. The molecule has 0 atom stereocenters. The number of hydrogen-bond donors (Lipinski definition) is 3. The predicted octanol–water partition coefficient (Wildman–Crippen LogP) is 3.38. The van der Waals surface area contributed by atoms with Crippen LogP contribution in [0.4, 0.5) is 10.5 Å². The van der Waals surface area contributed by atoms with Crippen LogP contribution in [0, 0.1) is 5.41 Å². The molecule has 5 rings (SSSR count). The summed E-state index contributed by atoms with van der Waals surface area (Å²) in [5, 5.41) is 18.6. The highest BCUT2D eigenvalue weighted by atomic mass is 16.5. The van der Waals surface area contributed by atoms with Gasteiger partial charge in [0.1, 0.15) is 6.61 Å². The molecule has 1 heterocycles. The topological polar surface area (TPSA) is 123 Å². The Hall–Kier alpha value is -4.14. The summed E-state index contributed by atoms with van der Waals surface area (Å²) in [7, 11) is 1.49. The van der Waals surface area contributed by atoms with Crippen molar-refractivity contribution in [2.75, 3.05) is 18.5 Å². The number of aromatic nitrogens is 2. The predicted molar refractivity (Wildman–Crippen MR) is 124 cm³/mol. The van der Waals surface area contributed by atoms with Gasteiger partial charge in [-0.05, 0) is 35.1 Å². The van der Waals surface area contributed by atoms with Crippen molar-refractivity contribution in [1.82, 2.24) is 15.1 Å². The van der Waals surface area contributed by atoms with Gasteiger partial charge in [0.15, 0.2) is 5.69 Å². The van der Waals surface area contributed by atoms with Crippen LogP contribution in [0.1, 0.15) is 40.4 Å². The van der Waals surface area contributed by atoms with Crippen LogP contribution in [0.25, 0.3) is 11.1 Å². The monoisotopic (exact) mass is 460 g/mol. The lowest BCUT2D eigenvalue weighted by Gasteiger charge is -2.17. The van der Waals surface area contributed by atoms with Crippen molar-refractivity contribution in [3.8, 4) is 11.1 Å². The molecule has 9 heteroatoms. The maximum absolute atomic E-state index is 12.8. The molecule has 2 aliphatic rings. The molecule has 0 unspecified atom stereocenters. The fraction of sp³-hybridized carbons (Fsp3) is 0.280. The highest BCUT2D eigenvalue weighted by Crippen LogP contribution is 2.46. The van der Waals surface area contributed by atoms with E-state index < -0.39 is 17.5 Å². The van der Waals surface area contributed by atoms with Crippen molar-refractivity contribution < 1.29 is 24.2 Å². The SMILES string of the molecule is Cn1ncc(NC(=O)C2(CNC(=O)OCC3c4ccccc4-c4ccccc43)CC2)c1C(=O)O. The van der Waals surface area contributed by atoms with Crippen LogP contribution < -0.4 is 10.6 Å². The zero-order chi connectivity index (χ0) is 23.9. The van der Waals surface area contributed by atoms with Crippen LogP contribution in [0.5, 0.6) is 0 Å². The Bertz CT molecular complexity index is 1250. The van der Waals surface area contributed by atoms with E-state index >= 15 is 0 Å². The van der Waals surface area contributed by atoms with Gasteiger partial charge in [-0.3, -0.25) is 9.48 Å². The molecule has 2 aliphatic carbocycles. The number of aryl methyl sites for hydroxylation is 1. The molecule has 0 aliphatic heterocycles. The van der Waals surface area contributed by atoms with E-state index in [1.807, 2.05) is 24.3 Å². The molecular formula is C25H24N4O5. The standard InChI is InChI=1S/C25H24N4O5/c1-29-21(22(30)31)20(12-27-29)28-23(32)25(10-11-25)14-26-24(33)34-13-19-17-8-4-2-6-15(17)16-7-3-5-9-18(16)19/h2-9,12,19H,10-11,13-14H2,1H3,(H,26,33)(H,28,32)(H,30,31). The molecule has 1 aromatic heterocycles. The van der Waals surface area contributed by atoms with Gasteiger partial charge in [0.2, 0.25) is 5.91 Å². The summed E-state index contributed by atoms with van der Waals surface area (Å²) in [6.45, 7) is 0.300. The molecule has 0 radical (unpaired) electrons. The Morgan fingerprint density at radius 1 is 1.09 bits per heavy atom. The largest absolute Gasteiger partial charge is 0.476 e. The summed E-state index contributed by atoms with van der Waals surface area (Å²) in [4.78, 5) is 36.7. The molecule has 2 aromatic carbocycles. The first kappa shape index (κ1) is 21.7. The number of anilines is 1. The van der Waals surface area contributed by atoms with Crippen LogP contribution in [0.15, 0.2) is 54.7 Å². The van der Waals surface area contributed by atoms with E-state index in [9.17, 15) is 19.5 Å². The number of amides is 2. The number of nitrogens with zero attached hydrogens (tertiary/aromatic N) is 2. The number of carboxylic acid groups (broad SMARTS) is 1. The quantitative estimate of drug-likeness (QED) is 0.497. The molecule has 34 heavy (non-hydrogen) atoms. The number of benzene rings is 2. The van der Waals surface area contributed by atoms with Crippen molar-refractivity contribution in [3.05, 3.63) is 71.5 Å². The molecule has 0 spiro atoms. The van der Waals surface area contributed by atoms with Crippen molar-refractivity contribution >= 4 is 23.7 Å². The average Bonchev–Trinajstić information content (AvgIpc) is 3.45. The summed E-state index contributed by atoms with van der Waals surface area (Å²) >= 11 is 0. The number of carbonyl (C=O) groups is 3. The van der Waals surface area contributed by atoms with Gasteiger partial charge in [-0.1, -0.05) is 48.5 Å². The highest BCUT2D eigenvalue weighted by molar-refractivity contribution is 6.02. The van der Waals surface area contributed by atoms with Crippen molar-refractivity contribution in [2.24, 2.45) is 12.5 Å². The summed E-state index contributed by atoms with van der Waals surface area (Å²) in [5.74, 6) is -1.57. The number of hydrogen-bond acceptors (Lipinski definition) is 5. The second kappa shape index (κ2) is 8.33. The number of carbonyl (C=O) groups excluding carboxylic acids is 2. The lowest BCUT2D eigenvalue weighted by Crippen LogP contribution is -2.37. The zero-order valence-corrected chi connectivity index (χ0v) is 18.6. The Balaban J connectivity index is 1.19. The van der Waals surface area contributed by atoms with E-state index in [0.29, 0.717) is 12.8 Å². The Kier molecular flexibility index (Phi) is 5.31. The number of aromatic carboxylic acids is 1. The minimum atomic E-state index is -1.18. The number of carboxylic acids is 1. The summed E-state index contributed by atoms with van der Waals surface area (Å²) in [6.07, 6.45) is 1.89. The van der Waals surface area contributed by atoms with Gasteiger partial charge < -0.3 is 20.5 Å². The third kappa shape index (κ3) is 3.79. The first-order valence-electron chi connectivity index (χ1n) is 11.1. The fourth-order valence-electron chi connectivity index (χ4n) is 4.56. The van der Waals surface area contributed by atoms with E-state index in [1.54, 1.807) is 0 Å². The van der Waals surface area contributed by atoms with Gasteiger partial charge in [-0.25, -0.2) is 9.59 Å². The van der Waals surface area contributed by atoms with Crippen LogP contribution in [0.2, 0.25) is 0 Å². The van der Waals surface area contributed by atoms with Gasteiger partial charge >= 0.3 is 12.1 Å². The van der Waals surface area contributed by atoms with E-state index in [2.05, 4.69) is 40.0 Å². The van der Waals surface area contributed by atoms with Gasteiger partial charge in [-0.15, -0.1) is 0 Å². The fourth-order valence-corrected chi connectivity index (χ4v) is 4.56. The van der Waals surface area contributed by atoms with Crippen LogP contribution >= 0.6 is 0 Å². The van der Waals surface area contributed by atoms with Crippen LogP contribution in [-0.2, 0) is 16.6 Å². The van der Waals surface area contributed by atoms with Gasteiger partial charge in [-0.2, -0.15) is 5.10 Å². The third-order valence-corrected chi connectivity index (χ3v) is 6.64. The van der Waals surface area contributed by atoms with Crippen molar-refractivity contribution in [2.45, 2.75) is 18.8 Å². The number of fused-ring (bicyclic) bond motifs is 3. The minimum Gasteiger partial charge on any atom is -0.476 e.